The van der Waals surface area contributed by atoms with Gasteiger partial charge in [0.2, 0.25) is 0 Å². The second kappa shape index (κ2) is 8.47. The van der Waals surface area contributed by atoms with Crippen molar-refractivity contribution in [2.45, 2.75) is 19.1 Å². The van der Waals surface area contributed by atoms with Crippen molar-refractivity contribution < 1.29 is 18.7 Å². The van der Waals surface area contributed by atoms with E-state index in [2.05, 4.69) is 15.6 Å². The molecule has 4 rings (SSSR count). The molecular weight excluding hydrogens is 358 g/mol. The van der Waals surface area contributed by atoms with Crippen molar-refractivity contribution >= 4 is 11.7 Å². The number of para-hydroxylation sites is 2. The number of furan rings is 1. The lowest BCUT2D eigenvalue weighted by atomic mass is 10.2. The zero-order valence-corrected chi connectivity index (χ0v) is 15.3. The van der Waals surface area contributed by atoms with E-state index in [0.29, 0.717) is 37.5 Å². The van der Waals surface area contributed by atoms with Gasteiger partial charge in [0.25, 0.3) is 5.91 Å². The Bertz CT molecular complexity index is 910. The highest BCUT2D eigenvalue weighted by atomic mass is 16.6. The minimum atomic E-state index is -0.165. The third-order valence-corrected chi connectivity index (χ3v) is 4.37. The molecule has 1 aliphatic rings. The molecule has 1 aliphatic heterocycles. The molecule has 0 aliphatic carbocycles. The molecule has 0 saturated carbocycles. The number of ether oxygens (including phenoxy) is 2. The Balaban J connectivity index is 1.22. The van der Waals surface area contributed by atoms with E-state index in [9.17, 15) is 4.79 Å². The van der Waals surface area contributed by atoms with Gasteiger partial charge in [-0.15, -0.1) is 0 Å². The van der Waals surface area contributed by atoms with Gasteiger partial charge in [-0.2, -0.15) is 0 Å². The molecule has 0 fully saturated rings. The zero-order chi connectivity index (χ0) is 19.2. The summed E-state index contributed by atoms with van der Waals surface area (Å²) < 4.78 is 16.8. The van der Waals surface area contributed by atoms with Crippen molar-refractivity contribution in [3.63, 3.8) is 0 Å². The van der Waals surface area contributed by atoms with Crippen LogP contribution in [0.25, 0.3) is 0 Å². The number of benzene rings is 1. The number of rotatable bonds is 7. The molecule has 2 N–H and O–H groups in total. The topological polar surface area (TPSA) is 85.6 Å². The van der Waals surface area contributed by atoms with E-state index >= 15 is 0 Å². The number of nitrogens with one attached hydrogen (secondary N) is 2. The van der Waals surface area contributed by atoms with Crippen molar-refractivity contribution in [3.8, 4) is 11.5 Å². The first-order valence-electron chi connectivity index (χ1n) is 9.17. The zero-order valence-electron chi connectivity index (χ0n) is 15.3. The molecule has 3 heterocycles. The van der Waals surface area contributed by atoms with Crippen LogP contribution in [0.1, 0.15) is 22.5 Å². The number of aromatic nitrogens is 1. The van der Waals surface area contributed by atoms with Crippen LogP contribution in [0, 0.1) is 0 Å². The van der Waals surface area contributed by atoms with Gasteiger partial charge in [-0.05, 0) is 36.4 Å². The normalized spacial score (nSPS) is 15.1. The molecule has 144 valence electrons. The van der Waals surface area contributed by atoms with Gasteiger partial charge >= 0.3 is 0 Å². The van der Waals surface area contributed by atoms with E-state index in [-0.39, 0.29) is 12.0 Å². The Kier molecular flexibility index (Phi) is 5.42. The van der Waals surface area contributed by atoms with Crippen LogP contribution < -0.4 is 20.1 Å². The molecule has 0 radical (unpaired) electrons. The highest BCUT2D eigenvalue weighted by molar-refractivity contribution is 5.94. The molecule has 7 nitrogen and oxygen atoms in total. The van der Waals surface area contributed by atoms with E-state index in [1.165, 1.54) is 0 Å². The smallest absolute Gasteiger partial charge is 0.252 e. The second-order valence-electron chi connectivity index (χ2n) is 6.41. The van der Waals surface area contributed by atoms with E-state index in [4.69, 9.17) is 13.9 Å². The van der Waals surface area contributed by atoms with Crippen LogP contribution in [0.15, 0.2) is 65.4 Å². The number of anilines is 1. The van der Waals surface area contributed by atoms with Gasteiger partial charge in [-0.3, -0.25) is 4.79 Å². The molecule has 3 aromatic rings. The number of carbonyl (C=O) groups is 1. The summed E-state index contributed by atoms with van der Waals surface area (Å²) >= 11 is 0. The van der Waals surface area contributed by atoms with Gasteiger partial charge in [0.1, 0.15) is 24.3 Å². The lowest BCUT2D eigenvalue weighted by molar-refractivity contribution is 0.0812. The molecule has 7 heteroatoms. The molecule has 1 atom stereocenters. The molecule has 28 heavy (non-hydrogen) atoms. The number of carbonyl (C=O) groups excluding carboxylic acids is 1. The van der Waals surface area contributed by atoms with Crippen molar-refractivity contribution in [2.75, 3.05) is 18.5 Å². The van der Waals surface area contributed by atoms with E-state index in [1.54, 1.807) is 24.6 Å². The molecule has 0 bridgehead atoms. The molecular formula is C21H21N3O4. The van der Waals surface area contributed by atoms with E-state index < -0.39 is 0 Å². The number of amides is 1. The fourth-order valence-electron chi connectivity index (χ4n) is 2.88. The highest BCUT2D eigenvalue weighted by Gasteiger charge is 2.20. The van der Waals surface area contributed by atoms with Crippen molar-refractivity contribution in [3.05, 3.63) is 72.3 Å². The molecule has 0 unspecified atom stereocenters. The van der Waals surface area contributed by atoms with Crippen molar-refractivity contribution in [2.24, 2.45) is 0 Å². The van der Waals surface area contributed by atoms with Crippen LogP contribution in [0.5, 0.6) is 11.5 Å². The van der Waals surface area contributed by atoms with Gasteiger partial charge in [-0.1, -0.05) is 12.1 Å². The first-order valence-corrected chi connectivity index (χ1v) is 9.17. The maximum Gasteiger partial charge on any atom is 0.252 e. The van der Waals surface area contributed by atoms with Crippen molar-refractivity contribution in [1.29, 1.82) is 0 Å². The Morgan fingerprint density at radius 3 is 2.79 bits per heavy atom. The first-order chi connectivity index (χ1) is 13.8. The van der Waals surface area contributed by atoms with Crippen LogP contribution >= 0.6 is 0 Å². The van der Waals surface area contributed by atoms with E-state index in [0.717, 1.165) is 17.3 Å². The minimum Gasteiger partial charge on any atom is -0.486 e. The Morgan fingerprint density at radius 2 is 2.00 bits per heavy atom. The van der Waals surface area contributed by atoms with Gasteiger partial charge < -0.3 is 24.5 Å². The summed E-state index contributed by atoms with van der Waals surface area (Å²) in [6.45, 7) is 1.51. The summed E-state index contributed by atoms with van der Waals surface area (Å²) in [4.78, 5) is 16.5. The van der Waals surface area contributed by atoms with E-state index in [1.807, 2.05) is 36.4 Å². The maximum absolute atomic E-state index is 12.3. The first kappa shape index (κ1) is 17.9. The SMILES string of the molecule is O=C(NCC[C@H]1COc2ccccc2O1)c1ccc(NCc2ccco2)nc1. The fourth-order valence-corrected chi connectivity index (χ4v) is 2.88. The average Bonchev–Trinajstić information content (AvgIpc) is 3.26. The summed E-state index contributed by atoms with van der Waals surface area (Å²) in [7, 11) is 0. The molecule has 1 amide bonds. The van der Waals surface area contributed by atoms with Gasteiger partial charge in [0, 0.05) is 19.2 Å². The Labute approximate surface area is 162 Å². The van der Waals surface area contributed by atoms with Gasteiger partial charge in [0.15, 0.2) is 11.5 Å². The number of hydrogen-bond donors (Lipinski definition) is 2. The molecule has 1 aromatic carbocycles. The van der Waals surface area contributed by atoms with Gasteiger partial charge in [-0.25, -0.2) is 4.98 Å². The van der Waals surface area contributed by atoms with Crippen LogP contribution in [-0.4, -0.2) is 30.1 Å². The maximum atomic E-state index is 12.3. The van der Waals surface area contributed by atoms with Crippen LogP contribution in [-0.2, 0) is 6.54 Å². The third kappa shape index (κ3) is 4.43. The Hall–Kier alpha value is -3.48. The van der Waals surface area contributed by atoms with Crippen molar-refractivity contribution in [1.82, 2.24) is 10.3 Å². The van der Waals surface area contributed by atoms with Crippen LogP contribution in [0.2, 0.25) is 0 Å². The van der Waals surface area contributed by atoms with Crippen LogP contribution in [0.3, 0.4) is 0 Å². The van der Waals surface area contributed by atoms with Gasteiger partial charge in [0.05, 0.1) is 18.4 Å². The minimum absolute atomic E-state index is 0.0819. The summed E-state index contributed by atoms with van der Waals surface area (Å²) in [5, 5.41) is 6.03. The Morgan fingerprint density at radius 1 is 1.11 bits per heavy atom. The van der Waals surface area contributed by atoms with Crippen LogP contribution in [0.4, 0.5) is 5.82 Å². The summed E-state index contributed by atoms with van der Waals surface area (Å²) in [5.41, 5.74) is 0.509. The highest BCUT2D eigenvalue weighted by Crippen LogP contribution is 2.31. The number of hydrogen-bond acceptors (Lipinski definition) is 6. The third-order valence-electron chi connectivity index (χ3n) is 4.37. The number of fused-ring (bicyclic) bond motifs is 1. The molecule has 0 spiro atoms. The number of pyridine rings is 1. The lowest BCUT2D eigenvalue weighted by Gasteiger charge is -2.26. The summed E-state index contributed by atoms with van der Waals surface area (Å²) in [6, 6.07) is 14.8. The monoisotopic (exact) mass is 379 g/mol. The fraction of sp³-hybridized carbons (Fsp3) is 0.238. The average molecular weight is 379 g/mol. The lowest BCUT2D eigenvalue weighted by Crippen LogP contribution is -2.34. The molecule has 2 aromatic heterocycles. The molecule has 0 saturated heterocycles. The standard InChI is InChI=1S/C21H21N3O4/c25-21(15-7-8-20(23-12-15)24-13-16-4-3-11-26-16)22-10-9-17-14-27-18-5-1-2-6-19(18)28-17/h1-8,11-12,17H,9-10,13-14H2,(H,22,25)(H,23,24)/t17-/m0/s1. The summed E-state index contributed by atoms with van der Waals surface area (Å²) in [5.74, 6) is 2.84. The predicted molar refractivity (Wildman–Crippen MR) is 104 cm³/mol. The quantitative estimate of drug-likeness (QED) is 0.655. The number of nitrogens with zero attached hydrogens (tertiary/aromatic N) is 1. The predicted octanol–water partition coefficient (Wildman–Crippen LogP) is 3.25. The largest absolute Gasteiger partial charge is 0.486 e. The second-order valence-corrected chi connectivity index (χ2v) is 6.41. The summed E-state index contributed by atoms with van der Waals surface area (Å²) in [6.07, 6.45) is 3.76.